The Bertz CT molecular complexity index is 1430. The molecule has 1 aliphatic rings. The summed E-state index contributed by atoms with van der Waals surface area (Å²) in [6.07, 6.45) is 1.78. The molecule has 1 aliphatic heterocycles. The van der Waals surface area contributed by atoms with Gasteiger partial charge in [0.25, 0.3) is 15.9 Å². The van der Waals surface area contributed by atoms with Crippen LogP contribution in [0.1, 0.15) is 42.5 Å². The number of carbonyl (C=O) groups is 2. The number of hydrogen-bond donors (Lipinski definition) is 0. The maximum atomic E-state index is 14.7. The zero-order chi connectivity index (χ0) is 26.8. The van der Waals surface area contributed by atoms with Crippen LogP contribution in [-0.2, 0) is 29.8 Å². The van der Waals surface area contributed by atoms with Gasteiger partial charge in [0.2, 0.25) is 0 Å². The zero-order valence-corrected chi connectivity index (χ0v) is 22.3. The number of carbonyl (C=O) groups excluding carboxylic acids is 2. The lowest BCUT2D eigenvalue weighted by Gasteiger charge is -2.44. The second-order valence-corrected chi connectivity index (χ2v) is 11.0. The van der Waals surface area contributed by atoms with Crippen LogP contribution < -0.4 is 0 Å². The van der Waals surface area contributed by atoms with Crippen LogP contribution in [0.5, 0.6) is 0 Å². The van der Waals surface area contributed by atoms with Crippen LogP contribution >= 0.6 is 0 Å². The van der Waals surface area contributed by atoms with Gasteiger partial charge in [0.05, 0.1) is 28.5 Å². The van der Waals surface area contributed by atoms with Gasteiger partial charge in [-0.2, -0.15) is 0 Å². The van der Waals surface area contributed by atoms with E-state index in [9.17, 15) is 18.0 Å². The molecular formula is C30H31NO5S. The number of hydrogen-bond acceptors (Lipinski definition) is 5. The molecule has 0 aromatic heterocycles. The summed E-state index contributed by atoms with van der Waals surface area (Å²) in [7, 11) is -4.32. The Morgan fingerprint density at radius 2 is 1.46 bits per heavy atom. The van der Waals surface area contributed by atoms with Gasteiger partial charge in [-0.05, 0) is 56.5 Å². The molecule has 7 heteroatoms. The second-order valence-electron chi connectivity index (χ2n) is 9.23. The quantitative estimate of drug-likeness (QED) is 0.392. The van der Waals surface area contributed by atoms with Gasteiger partial charge in [-0.25, -0.2) is 12.7 Å². The smallest absolute Gasteiger partial charge is 0.314 e. The molecule has 3 aromatic rings. The molecule has 0 aliphatic carbocycles. The number of rotatable bonds is 7. The van der Waals surface area contributed by atoms with Crippen LogP contribution in [-0.4, -0.2) is 31.2 Å². The second kappa shape index (κ2) is 10.3. The Labute approximate surface area is 218 Å². The summed E-state index contributed by atoms with van der Waals surface area (Å²) in [5.74, 6) is -2.27. The van der Waals surface area contributed by atoms with Crippen molar-refractivity contribution in [2.24, 2.45) is 5.92 Å². The van der Waals surface area contributed by atoms with Gasteiger partial charge >= 0.3 is 5.97 Å². The minimum absolute atomic E-state index is 0.00299. The van der Waals surface area contributed by atoms with Gasteiger partial charge in [-0.15, -0.1) is 0 Å². The molecule has 1 heterocycles. The van der Waals surface area contributed by atoms with Crippen LogP contribution in [0, 0.1) is 19.8 Å². The van der Waals surface area contributed by atoms with Crippen molar-refractivity contribution in [2.75, 3.05) is 6.61 Å². The standard InChI is InChI=1S/C30H31NO5S/c1-5-30(24-16-12-21(3)13-17-24)26(28(32)36-6-2)20-27(23-10-8-7-9-11-23)31(29(30)33)37(34,35)25-18-14-22(4)15-19-25/h7-20,26H,5-6H2,1-4H3/t26-,30-/m1/s1. The molecule has 1 amide bonds. The molecule has 0 unspecified atom stereocenters. The Balaban J connectivity index is 2.05. The van der Waals surface area contributed by atoms with Gasteiger partial charge in [0.1, 0.15) is 0 Å². The lowest BCUT2D eigenvalue weighted by Crippen LogP contribution is -2.56. The summed E-state index contributed by atoms with van der Waals surface area (Å²) in [5.41, 5.74) is 1.62. The average molecular weight is 518 g/mol. The summed E-state index contributed by atoms with van der Waals surface area (Å²) in [4.78, 5) is 28.1. The molecule has 4 rings (SSSR count). The Morgan fingerprint density at radius 3 is 2.00 bits per heavy atom. The molecule has 0 saturated heterocycles. The van der Waals surface area contributed by atoms with Crippen LogP contribution in [0.3, 0.4) is 0 Å². The minimum atomic E-state index is -4.32. The first-order valence-corrected chi connectivity index (χ1v) is 13.8. The maximum Gasteiger partial charge on any atom is 0.314 e. The molecule has 192 valence electrons. The SMILES string of the molecule is CCOC(=O)[C@H]1C=C(c2ccccc2)N(S(=O)(=O)c2ccc(C)cc2)C(=O)[C@]1(CC)c1ccc(C)cc1. The third kappa shape index (κ3) is 4.60. The van der Waals surface area contributed by atoms with Crippen LogP contribution in [0.2, 0.25) is 0 Å². The number of nitrogens with zero attached hydrogens (tertiary/aromatic N) is 1. The molecule has 0 spiro atoms. The van der Waals surface area contributed by atoms with E-state index in [2.05, 4.69) is 0 Å². The summed E-state index contributed by atoms with van der Waals surface area (Å²) >= 11 is 0. The van der Waals surface area contributed by atoms with Crippen molar-refractivity contribution >= 4 is 27.6 Å². The lowest BCUT2D eigenvalue weighted by atomic mass is 9.65. The van der Waals surface area contributed by atoms with E-state index in [-0.39, 0.29) is 23.6 Å². The molecule has 2 atom stereocenters. The van der Waals surface area contributed by atoms with Crippen molar-refractivity contribution in [3.63, 3.8) is 0 Å². The van der Waals surface area contributed by atoms with Gasteiger partial charge in [0, 0.05) is 0 Å². The third-order valence-corrected chi connectivity index (χ3v) is 8.65. The molecule has 37 heavy (non-hydrogen) atoms. The fourth-order valence-corrected chi connectivity index (χ4v) is 6.40. The van der Waals surface area contributed by atoms with E-state index in [0.717, 1.165) is 15.4 Å². The Kier molecular flexibility index (Phi) is 7.37. The minimum Gasteiger partial charge on any atom is -0.466 e. The maximum absolute atomic E-state index is 14.7. The predicted molar refractivity (Wildman–Crippen MR) is 143 cm³/mol. The van der Waals surface area contributed by atoms with Gasteiger partial charge in [0.15, 0.2) is 0 Å². The molecule has 3 aromatic carbocycles. The Morgan fingerprint density at radius 1 is 0.892 bits per heavy atom. The summed E-state index contributed by atoms with van der Waals surface area (Å²) in [6, 6.07) is 22.5. The number of aryl methyl sites for hydroxylation is 2. The Hall–Kier alpha value is -3.71. The van der Waals surface area contributed by atoms with E-state index in [1.54, 1.807) is 74.5 Å². The van der Waals surface area contributed by atoms with Crippen molar-refractivity contribution in [1.82, 2.24) is 4.31 Å². The highest BCUT2D eigenvalue weighted by Crippen LogP contribution is 2.47. The van der Waals surface area contributed by atoms with Crippen LogP contribution in [0.15, 0.2) is 89.8 Å². The molecule has 6 nitrogen and oxygen atoms in total. The van der Waals surface area contributed by atoms with E-state index in [1.165, 1.54) is 12.1 Å². The van der Waals surface area contributed by atoms with E-state index in [0.29, 0.717) is 11.1 Å². The fourth-order valence-electron chi connectivity index (χ4n) is 4.90. The van der Waals surface area contributed by atoms with E-state index in [4.69, 9.17) is 4.74 Å². The van der Waals surface area contributed by atoms with Crippen LogP contribution in [0.25, 0.3) is 5.70 Å². The van der Waals surface area contributed by atoms with Crippen molar-refractivity contribution in [1.29, 1.82) is 0 Å². The third-order valence-electron chi connectivity index (χ3n) is 6.93. The molecule has 0 saturated carbocycles. The van der Waals surface area contributed by atoms with Crippen molar-refractivity contribution in [3.8, 4) is 0 Å². The number of benzene rings is 3. The normalized spacial score (nSPS) is 19.9. The molecule has 0 fully saturated rings. The number of amides is 1. The summed E-state index contributed by atoms with van der Waals surface area (Å²) < 4.78 is 34.6. The molecule has 0 N–H and O–H groups in total. The highest BCUT2D eigenvalue weighted by molar-refractivity contribution is 7.90. The monoisotopic (exact) mass is 517 g/mol. The van der Waals surface area contributed by atoms with Crippen LogP contribution in [0.4, 0.5) is 0 Å². The van der Waals surface area contributed by atoms with Gasteiger partial charge in [-0.3, -0.25) is 9.59 Å². The zero-order valence-electron chi connectivity index (χ0n) is 21.5. The molecular weight excluding hydrogens is 486 g/mol. The van der Waals surface area contributed by atoms with Gasteiger partial charge in [-0.1, -0.05) is 84.8 Å². The largest absolute Gasteiger partial charge is 0.466 e. The first-order valence-electron chi connectivity index (χ1n) is 12.3. The average Bonchev–Trinajstić information content (AvgIpc) is 2.89. The van der Waals surface area contributed by atoms with E-state index < -0.39 is 33.2 Å². The number of ether oxygens (including phenoxy) is 1. The molecule has 0 bridgehead atoms. The van der Waals surface area contributed by atoms with Crippen molar-refractivity contribution in [3.05, 3.63) is 107 Å². The fraction of sp³-hybridized carbons (Fsp3) is 0.267. The topological polar surface area (TPSA) is 80.8 Å². The first kappa shape index (κ1) is 26.4. The van der Waals surface area contributed by atoms with Crippen molar-refractivity contribution in [2.45, 2.75) is 44.4 Å². The lowest BCUT2D eigenvalue weighted by molar-refractivity contribution is -0.153. The highest BCUT2D eigenvalue weighted by atomic mass is 32.2. The van der Waals surface area contributed by atoms with Crippen molar-refractivity contribution < 1.29 is 22.7 Å². The first-order chi connectivity index (χ1) is 17.7. The summed E-state index contributed by atoms with van der Waals surface area (Å²) in [5, 5.41) is 0. The van der Waals surface area contributed by atoms with Gasteiger partial charge < -0.3 is 4.74 Å². The van der Waals surface area contributed by atoms with E-state index >= 15 is 0 Å². The number of sulfonamides is 1. The number of esters is 1. The highest BCUT2D eigenvalue weighted by Gasteiger charge is 2.57. The van der Waals surface area contributed by atoms with E-state index in [1.807, 2.05) is 26.0 Å². The summed E-state index contributed by atoms with van der Waals surface area (Å²) in [6.45, 7) is 7.42. The predicted octanol–water partition coefficient (Wildman–Crippen LogP) is 5.40. The molecule has 0 radical (unpaired) electrons.